The molecule has 3 aromatic carbocycles. The van der Waals surface area contributed by atoms with E-state index in [-0.39, 0.29) is 0 Å². The van der Waals surface area contributed by atoms with E-state index in [0.717, 1.165) is 21.6 Å². The van der Waals surface area contributed by atoms with Crippen LogP contribution in [0.4, 0.5) is 5.69 Å². The van der Waals surface area contributed by atoms with E-state index in [9.17, 15) is 4.57 Å². The van der Waals surface area contributed by atoms with E-state index in [0.29, 0.717) is 0 Å². The minimum atomic E-state index is -2.91. The van der Waals surface area contributed by atoms with Crippen LogP contribution >= 0.6 is 7.14 Å². The normalized spacial score (nSPS) is 11.2. The molecule has 0 bridgehead atoms. The van der Waals surface area contributed by atoms with E-state index in [1.54, 1.807) is 0 Å². The smallest absolute Gasteiger partial charge is 0.173 e. The molecule has 0 spiro atoms. The van der Waals surface area contributed by atoms with Gasteiger partial charge in [0, 0.05) is 35.7 Å². The molecule has 0 atom stereocenters. The fraction of sp³-hybridized carbons (Fsp3) is 0.100. The van der Waals surface area contributed by atoms with Crippen LogP contribution in [0, 0.1) is 0 Å². The summed E-state index contributed by atoms with van der Waals surface area (Å²) in [5, 5.41) is 2.60. The van der Waals surface area contributed by atoms with Gasteiger partial charge in [-0.05, 0) is 12.1 Å². The highest BCUT2D eigenvalue weighted by molar-refractivity contribution is 7.85. The third-order valence-corrected chi connectivity index (χ3v) is 7.05. The molecule has 3 rings (SSSR count). The summed E-state index contributed by atoms with van der Waals surface area (Å²) in [6, 6.07) is 27.5. The van der Waals surface area contributed by atoms with Crippen molar-refractivity contribution < 1.29 is 4.57 Å². The van der Waals surface area contributed by atoms with Crippen molar-refractivity contribution in [3.05, 3.63) is 84.9 Å². The van der Waals surface area contributed by atoms with Crippen molar-refractivity contribution in [3.8, 4) is 0 Å². The molecule has 2 nitrogen and oxygen atoms in total. The molecule has 23 heavy (non-hydrogen) atoms. The predicted octanol–water partition coefficient (Wildman–Crippen LogP) is 3.39. The second kappa shape index (κ2) is 6.44. The molecule has 0 radical (unpaired) electrons. The highest BCUT2D eigenvalue weighted by Crippen LogP contribution is 2.44. The molecule has 0 aromatic heterocycles. The van der Waals surface area contributed by atoms with Crippen molar-refractivity contribution in [2.24, 2.45) is 0 Å². The van der Waals surface area contributed by atoms with Gasteiger partial charge in [-0.1, -0.05) is 72.8 Å². The van der Waals surface area contributed by atoms with E-state index in [1.807, 2.05) is 104 Å². The Morgan fingerprint density at radius 2 is 1.09 bits per heavy atom. The summed E-state index contributed by atoms with van der Waals surface area (Å²) in [6.07, 6.45) is 0. The summed E-state index contributed by atoms with van der Waals surface area (Å²) in [5.41, 5.74) is 0.989. The summed E-state index contributed by atoms with van der Waals surface area (Å²) in [4.78, 5) is 2.02. The molecular formula is C20H20NOP. The zero-order valence-corrected chi connectivity index (χ0v) is 14.3. The van der Waals surface area contributed by atoms with Crippen molar-refractivity contribution in [1.82, 2.24) is 0 Å². The Labute approximate surface area is 137 Å². The maximum absolute atomic E-state index is 14.3. The molecular weight excluding hydrogens is 301 g/mol. The summed E-state index contributed by atoms with van der Waals surface area (Å²) in [6.45, 7) is 0. The molecule has 0 heterocycles. The van der Waals surface area contributed by atoms with E-state index in [4.69, 9.17) is 0 Å². The van der Waals surface area contributed by atoms with Crippen molar-refractivity contribution in [1.29, 1.82) is 0 Å². The predicted molar refractivity (Wildman–Crippen MR) is 100 cm³/mol. The van der Waals surface area contributed by atoms with Crippen molar-refractivity contribution in [2.75, 3.05) is 19.0 Å². The van der Waals surface area contributed by atoms with Crippen LogP contribution in [0.2, 0.25) is 0 Å². The number of benzene rings is 3. The van der Waals surface area contributed by atoms with Gasteiger partial charge in [0.25, 0.3) is 0 Å². The van der Waals surface area contributed by atoms with Crippen LogP contribution in [-0.4, -0.2) is 14.1 Å². The Kier molecular flexibility index (Phi) is 4.36. The topological polar surface area (TPSA) is 20.3 Å². The molecule has 0 saturated heterocycles. The van der Waals surface area contributed by atoms with Gasteiger partial charge < -0.3 is 9.46 Å². The van der Waals surface area contributed by atoms with Crippen LogP contribution in [0.15, 0.2) is 84.9 Å². The maximum atomic E-state index is 14.3. The fourth-order valence-corrected chi connectivity index (χ4v) is 5.74. The molecule has 0 aliphatic heterocycles. The van der Waals surface area contributed by atoms with Gasteiger partial charge in [0.1, 0.15) is 0 Å². The zero-order chi connectivity index (χ0) is 16.3. The van der Waals surface area contributed by atoms with Gasteiger partial charge in [-0.25, -0.2) is 0 Å². The molecule has 0 amide bonds. The van der Waals surface area contributed by atoms with Crippen LogP contribution in [-0.2, 0) is 4.57 Å². The van der Waals surface area contributed by atoms with Crippen LogP contribution in [0.5, 0.6) is 0 Å². The first-order valence-electron chi connectivity index (χ1n) is 7.62. The van der Waals surface area contributed by atoms with Gasteiger partial charge in [0.2, 0.25) is 0 Å². The maximum Gasteiger partial charge on any atom is 0.173 e. The monoisotopic (exact) mass is 321 g/mol. The fourth-order valence-electron chi connectivity index (χ4n) is 2.81. The van der Waals surface area contributed by atoms with Gasteiger partial charge in [0.05, 0.1) is 0 Å². The second-order valence-corrected chi connectivity index (χ2v) is 8.40. The summed E-state index contributed by atoms with van der Waals surface area (Å²) in [7, 11) is 1.06. The molecule has 3 aromatic rings. The number of hydrogen-bond donors (Lipinski definition) is 0. The highest BCUT2D eigenvalue weighted by atomic mass is 31.2. The zero-order valence-electron chi connectivity index (χ0n) is 13.4. The lowest BCUT2D eigenvalue weighted by molar-refractivity contribution is 0.592. The van der Waals surface area contributed by atoms with Gasteiger partial charge in [0.15, 0.2) is 7.14 Å². The first-order valence-corrected chi connectivity index (χ1v) is 9.33. The van der Waals surface area contributed by atoms with Crippen LogP contribution in [0.1, 0.15) is 0 Å². The Bertz CT molecular complexity index is 785. The number of hydrogen-bond acceptors (Lipinski definition) is 2. The quantitative estimate of drug-likeness (QED) is 0.687. The SMILES string of the molecule is CN(C)c1ccccc1P(=O)(c1ccccc1)c1ccccc1. The third kappa shape index (κ3) is 2.83. The van der Waals surface area contributed by atoms with Crippen molar-refractivity contribution >= 4 is 28.7 Å². The Balaban J connectivity index is 2.33. The lowest BCUT2D eigenvalue weighted by Crippen LogP contribution is -2.29. The standard InChI is InChI=1S/C20H20NOP/c1-21(2)19-15-9-10-16-20(19)23(22,17-11-5-3-6-12-17)18-13-7-4-8-14-18/h3-16H,1-2H3. The minimum Gasteiger partial charge on any atom is -0.377 e. The van der Waals surface area contributed by atoms with Gasteiger partial charge in [-0.15, -0.1) is 0 Å². The second-order valence-electron chi connectivity index (χ2n) is 5.66. The molecule has 116 valence electrons. The minimum absolute atomic E-state index is 0.862. The van der Waals surface area contributed by atoms with Crippen LogP contribution in [0.25, 0.3) is 0 Å². The molecule has 0 fully saturated rings. The third-order valence-electron chi connectivity index (χ3n) is 3.94. The van der Waals surface area contributed by atoms with Gasteiger partial charge in [-0.3, -0.25) is 0 Å². The van der Waals surface area contributed by atoms with Gasteiger partial charge >= 0.3 is 0 Å². The molecule has 3 heteroatoms. The highest BCUT2D eigenvalue weighted by Gasteiger charge is 2.31. The van der Waals surface area contributed by atoms with Crippen LogP contribution in [0.3, 0.4) is 0 Å². The van der Waals surface area contributed by atoms with Gasteiger partial charge in [-0.2, -0.15) is 0 Å². The van der Waals surface area contributed by atoms with Crippen molar-refractivity contribution in [2.45, 2.75) is 0 Å². The summed E-state index contributed by atoms with van der Waals surface area (Å²) in [5.74, 6) is 0. The summed E-state index contributed by atoms with van der Waals surface area (Å²) < 4.78 is 14.3. The number of rotatable bonds is 4. The first-order chi connectivity index (χ1) is 11.1. The first kappa shape index (κ1) is 15.6. The number of nitrogens with zero attached hydrogens (tertiary/aromatic N) is 1. The number of anilines is 1. The van der Waals surface area contributed by atoms with E-state index in [1.165, 1.54) is 0 Å². The molecule has 0 saturated carbocycles. The van der Waals surface area contributed by atoms with E-state index in [2.05, 4.69) is 0 Å². The average Bonchev–Trinajstić information content (AvgIpc) is 2.62. The van der Waals surface area contributed by atoms with E-state index >= 15 is 0 Å². The Hall–Kier alpha value is -2.31. The van der Waals surface area contributed by atoms with Crippen LogP contribution < -0.4 is 20.8 Å². The Morgan fingerprint density at radius 3 is 1.57 bits per heavy atom. The largest absolute Gasteiger partial charge is 0.377 e. The number of para-hydroxylation sites is 1. The molecule has 0 N–H and O–H groups in total. The molecule has 0 aliphatic carbocycles. The lowest BCUT2D eigenvalue weighted by Gasteiger charge is -2.25. The molecule has 0 unspecified atom stereocenters. The molecule has 0 aliphatic rings. The van der Waals surface area contributed by atoms with Crippen molar-refractivity contribution in [3.63, 3.8) is 0 Å². The summed E-state index contributed by atoms with van der Waals surface area (Å²) >= 11 is 0. The Morgan fingerprint density at radius 1 is 0.652 bits per heavy atom. The average molecular weight is 321 g/mol. The van der Waals surface area contributed by atoms with E-state index < -0.39 is 7.14 Å². The lowest BCUT2D eigenvalue weighted by atomic mass is 10.3.